The van der Waals surface area contributed by atoms with Gasteiger partial charge in [0.05, 0.1) is 32.8 Å². The van der Waals surface area contributed by atoms with Crippen molar-refractivity contribution >= 4 is 11.9 Å². The Morgan fingerprint density at radius 3 is 2.58 bits per heavy atom. The topological polar surface area (TPSA) is 74.3 Å². The molecule has 2 heterocycles. The van der Waals surface area contributed by atoms with Gasteiger partial charge in [-0.05, 0) is 19.8 Å². The van der Waals surface area contributed by atoms with Gasteiger partial charge in [0.15, 0.2) is 11.8 Å². The zero-order chi connectivity index (χ0) is 19.3. The summed E-state index contributed by atoms with van der Waals surface area (Å²) in [7, 11) is 1.32. The third-order valence-corrected chi connectivity index (χ3v) is 5.19. The number of carbonyl (C=O) groups excluding carboxylic acids is 2. The SMILES string of the molecule is C=CCC(C(=O)N1[C@@H](C(=O)OC)CO[C@H]1C(C)CCC)C1(C)OCCO1. The van der Waals surface area contributed by atoms with Crippen molar-refractivity contribution in [2.75, 3.05) is 26.9 Å². The van der Waals surface area contributed by atoms with Crippen molar-refractivity contribution in [3.8, 4) is 0 Å². The highest BCUT2D eigenvalue weighted by Gasteiger charge is 2.51. The number of hydrogen-bond donors (Lipinski definition) is 0. The second-order valence-electron chi connectivity index (χ2n) is 7.06. The Bertz CT molecular complexity index is 516. The maximum absolute atomic E-state index is 13.5. The third-order valence-electron chi connectivity index (χ3n) is 5.19. The number of ether oxygens (including phenoxy) is 4. The number of amides is 1. The van der Waals surface area contributed by atoms with Crippen LogP contribution in [0.5, 0.6) is 0 Å². The van der Waals surface area contributed by atoms with Crippen LogP contribution in [0.15, 0.2) is 12.7 Å². The van der Waals surface area contributed by atoms with Gasteiger partial charge in [-0.3, -0.25) is 9.69 Å². The lowest BCUT2D eigenvalue weighted by molar-refractivity contribution is -0.197. The van der Waals surface area contributed by atoms with Crippen molar-refractivity contribution in [2.45, 2.75) is 58.1 Å². The van der Waals surface area contributed by atoms with Crippen molar-refractivity contribution in [3.63, 3.8) is 0 Å². The van der Waals surface area contributed by atoms with E-state index >= 15 is 0 Å². The molecule has 0 aromatic carbocycles. The van der Waals surface area contributed by atoms with Gasteiger partial charge in [-0.15, -0.1) is 6.58 Å². The molecule has 2 rings (SSSR count). The van der Waals surface area contributed by atoms with Gasteiger partial charge in [-0.2, -0.15) is 0 Å². The van der Waals surface area contributed by atoms with Crippen LogP contribution in [-0.4, -0.2) is 61.8 Å². The molecule has 26 heavy (non-hydrogen) atoms. The van der Waals surface area contributed by atoms with Gasteiger partial charge in [-0.25, -0.2) is 4.79 Å². The van der Waals surface area contributed by atoms with Crippen LogP contribution in [0.3, 0.4) is 0 Å². The predicted octanol–water partition coefficient (Wildman–Crippen LogP) is 2.10. The molecule has 2 unspecified atom stereocenters. The first-order valence-corrected chi connectivity index (χ1v) is 9.30. The van der Waals surface area contributed by atoms with Gasteiger partial charge in [0.2, 0.25) is 5.91 Å². The number of rotatable bonds is 8. The minimum Gasteiger partial charge on any atom is -0.467 e. The van der Waals surface area contributed by atoms with Crippen LogP contribution in [-0.2, 0) is 28.5 Å². The van der Waals surface area contributed by atoms with E-state index in [9.17, 15) is 9.59 Å². The summed E-state index contributed by atoms with van der Waals surface area (Å²) in [5, 5.41) is 0. The van der Waals surface area contributed by atoms with E-state index in [1.54, 1.807) is 13.0 Å². The summed E-state index contributed by atoms with van der Waals surface area (Å²) in [5.74, 6) is -2.24. The molecular formula is C19H31NO6. The van der Waals surface area contributed by atoms with E-state index in [2.05, 4.69) is 13.5 Å². The number of esters is 1. The molecule has 2 aliphatic heterocycles. The molecule has 4 atom stereocenters. The molecular weight excluding hydrogens is 338 g/mol. The molecule has 0 N–H and O–H groups in total. The van der Waals surface area contributed by atoms with Gasteiger partial charge in [-0.1, -0.05) is 26.3 Å². The number of carbonyl (C=O) groups is 2. The smallest absolute Gasteiger partial charge is 0.331 e. The largest absolute Gasteiger partial charge is 0.467 e. The minimum atomic E-state index is -1.03. The Morgan fingerprint density at radius 1 is 1.38 bits per heavy atom. The second-order valence-corrected chi connectivity index (χ2v) is 7.06. The van der Waals surface area contributed by atoms with Crippen LogP contribution in [0.25, 0.3) is 0 Å². The van der Waals surface area contributed by atoms with Crippen LogP contribution < -0.4 is 0 Å². The van der Waals surface area contributed by atoms with Gasteiger partial charge in [0.25, 0.3) is 0 Å². The highest BCUT2D eigenvalue weighted by Crippen LogP contribution is 2.36. The van der Waals surface area contributed by atoms with Crippen molar-refractivity contribution in [3.05, 3.63) is 12.7 Å². The van der Waals surface area contributed by atoms with Crippen molar-refractivity contribution < 1.29 is 28.5 Å². The second kappa shape index (κ2) is 8.97. The van der Waals surface area contributed by atoms with E-state index in [4.69, 9.17) is 18.9 Å². The molecule has 0 aliphatic carbocycles. The Morgan fingerprint density at radius 2 is 2.04 bits per heavy atom. The number of methoxy groups -OCH3 is 1. The summed E-state index contributed by atoms with van der Waals surface area (Å²) in [6.45, 7) is 10.6. The highest BCUT2D eigenvalue weighted by molar-refractivity contribution is 5.87. The van der Waals surface area contributed by atoms with Crippen LogP contribution >= 0.6 is 0 Å². The van der Waals surface area contributed by atoms with Gasteiger partial charge >= 0.3 is 5.97 Å². The molecule has 148 valence electrons. The fourth-order valence-electron chi connectivity index (χ4n) is 3.78. The molecule has 7 nitrogen and oxygen atoms in total. The summed E-state index contributed by atoms with van der Waals surface area (Å²) >= 11 is 0. The molecule has 0 bridgehead atoms. The van der Waals surface area contributed by atoms with Crippen LogP contribution in [0.4, 0.5) is 0 Å². The molecule has 0 radical (unpaired) electrons. The number of nitrogens with zero attached hydrogens (tertiary/aromatic N) is 1. The lowest BCUT2D eigenvalue weighted by Gasteiger charge is -2.37. The summed E-state index contributed by atoms with van der Waals surface area (Å²) in [5.41, 5.74) is 0. The first kappa shape index (κ1) is 20.9. The molecule has 2 saturated heterocycles. The van der Waals surface area contributed by atoms with E-state index in [0.29, 0.717) is 19.6 Å². The van der Waals surface area contributed by atoms with Gasteiger partial charge in [0, 0.05) is 5.92 Å². The number of hydrogen-bond acceptors (Lipinski definition) is 6. The molecule has 2 aliphatic rings. The van der Waals surface area contributed by atoms with Crippen molar-refractivity contribution in [2.24, 2.45) is 11.8 Å². The Kier molecular flexibility index (Phi) is 7.20. The molecule has 1 amide bonds. The zero-order valence-electron chi connectivity index (χ0n) is 16.2. The van der Waals surface area contributed by atoms with E-state index in [1.165, 1.54) is 12.0 Å². The maximum Gasteiger partial charge on any atom is 0.331 e. The Hall–Kier alpha value is -1.44. The minimum absolute atomic E-state index is 0.0983. The zero-order valence-corrected chi connectivity index (χ0v) is 16.2. The van der Waals surface area contributed by atoms with Crippen LogP contribution in [0, 0.1) is 11.8 Å². The monoisotopic (exact) mass is 369 g/mol. The third kappa shape index (κ3) is 4.10. The lowest BCUT2D eigenvalue weighted by Crippen LogP contribution is -2.54. The Balaban J connectivity index is 2.33. The van der Waals surface area contributed by atoms with Gasteiger partial charge in [0.1, 0.15) is 6.23 Å². The summed E-state index contributed by atoms with van der Waals surface area (Å²) in [4.78, 5) is 27.3. The van der Waals surface area contributed by atoms with Crippen LogP contribution in [0.1, 0.15) is 40.0 Å². The van der Waals surface area contributed by atoms with E-state index in [0.717, 1.165) is 12.8 Å². The molecule has 7 heteroatoms. The normalized spacial score (nSPS) is 27.2. The standard InChI is InChI=1S/C19H31NO6/c1-6-8-13(3)17-20(15(12-24-17)18(22)23-5)16(21)14(9-7-2)19(4)25-10-11-26-19/h7,13-15,17H,2,6,8-12H2,1,3-5H3/t13?,14?,15-,17+/m1/s1. The highest BCUT2D eigenvalue weighted by atomic mass is 16.7. The fraction of sp³-hybridized carbons (Fsp3) is 0.789. The average molecular weight is 369 g/mol. The van der Waals surface area contributed by atoms with Crippen molar-refractivity contribution in [1.82, 2.24) is 4.90 Å². The summed E-state index contributed by atoms with van der Waals surface area (Å²) < 4.78 is 22.2. The van der Waals surface area contributed by atoms with Crippen LogP contribution in [0.2, 0.25) is 0 Å². The predicted molar refractivity (Wildman–Crippen MR) is 95.1 cm³/mol. The molecule has 0 spiro atoms. The number of allylic oxidation sites excluding steroid dienone is 1. The van der Waals surface area contributed by atoms with E-state index in [-0.39, 0.29) is 18.4 Å². The first-order chi connectivity index (χ1) is 12.4. The molecule has 2 fully saturated rings. The quantitative estimate of drug-likeness (QED) is 0.482. The summed E-state index contributed by atoms with van der Waals surface area (Å²) in [6, 6.07) is -0.755. The molecule has 0 aromatic rings. The fourth-order valence-corrected chi connectivity index (χ4v) is 3.78. The first-order valence-electron chi connectivity index (χ1n) is 9.30. The van der Waals surface area contributed by atoms with E-state index in [1.807, 2.05) is 6.92 Å². The van der Waals surface area contributed by atoms with E-state index < -0.39 is 29.9 Å². The Labute approximate surface area is 155 Å². The summed E-state index contributed by atoms with van der Waals surface area (Å²) in [6.07, 6.45) is 3.44. The maximum atomic E-state index is 13.5. The lowest BCUT2D eigenvalue weighted by atomic mass is 9.92. The molecule has 0 aromatic heterocycles. The van der Waals surface area contributed by atoms with Gasteiger partial charge < -0.3 is 18.9 Å². The van der Waals surface area contributed by atoms with Crippen molar-refractivity contribution in [1.29, 1.82) is 0 Å². The molecule has 0 saturated carbocycles. The average Bonchev–Trinajstić information content (AvgIpc) is 3.25.